The lowest BCUT2D eigenvalue weighted by Gasteiger charge is -2.17. The van der Waals surface area contributed by atoms with Crippen molar-refractivity contribution in [1.29, 1.82) is 0 Å². The summed E-state index contributed by atoms with van der Waals surface area (Å²) in [7, 11) is 0. The van der Waals surface area contributed by atoms with E-state index in [1.165, 1.54) is 5.56 Å². The first kappa shape index (κ1) is 22.5. The average molecular weight is 472 g/mol. The second-order valence-electron chi connectivity index (χ2n) is 8.38. The first-order valence-electron chi connectivity index (χ1n) is 10.6. The highest BCUT2D eigenvalue weighted by molar-refractivity contribution is 9.10. The molecule has 2 aromatic rings. The Morgan fingerprint density at radius 2 is 1.93 bits per heavy atom. The Morgan fingerprint density at radius 3 is 2.63 bits per heavy atom. The number of nitrogen functional groups attached to an aromatic ring is 1. The number of rotatable bonds is 8. The Morgan fingerprint density at radius 1 is 1.20 bits per heavy atom. The van der Waals surface area contributed by atoms with Crippen LogP contribution in [0.3, 0.4) is 0 Å². The SMILES string of the molecule is Cc1nc(N)ccc1CCC(=O)[C@H](C)NC(=O)[C@@H]1CC[C@@H](Cc2ccc(Br)cc2)C1. The third-order valence-electron chi connectivity index (χ3n) is 6.05. The fraction of sp³-hybridized carbons (Fsp3) is 0.458. The smallest absolute Gasteiger partial charge is 0.223 e. The number of nitrogens with one attached hydrogen (secondary N) is 1. The second kappa shape index (κ2) is 10.2. The van der Waals surface area contributed by atoms with Crippen molar-refractivity contribution in [1.82, 2.24) is 10.3 Å². The topological polar surface area (TPSA) is 85.1 Å². The number of Topliss-reactive ketones (excluding diaryl/α,β-unsaturated/α-hetero) is 1. The zero-order valence-corrected chi connectivity index (χ0v) is 19.2. The molecule has 1 amide bonds. The number of aromatic nitrogens is 1. The monoisotopic (exact) mass is 471 g/mol. The predicted molar refractivity (Wildman–Crippen MR) is 123 cm³/mol. The molecular weight excluding hydrogens is 442 g/mol. The Bertz CT molecular complexity index is 898. The van der Waals surface area contributed by atoms with Crippen molar-refractivity contribution in [3.8, 4) is 0 Å². The number of hydrogen-bond donors (Lipinski definition) is 2. The fourth-order valence-corrected chi connectivity index (χ4v) is 4.48. The molecule has 0 radical (unpaired) electrons. The van der Waals surface area contributed by atoms with Gasteiger partial charge in [0.2, 0.25) is 5.91 Å². The number of amides is 1. The molecule has 1 saturated carbocycles. The number of carbonyl (C=O) groups excluding carboxylic acids is 2. The van der Waals surface area contributed by atoms with Gasteiger partial charge in [-0.3, -0.25) is 9.59 Å². The molecule has 3 atom stereocenters. The Kier molecular flexibility index (Phi) is 7.64. The van der Waals surface area contributed by atoms with Gasteiger partial charge in [0.15, 0.2) is 5.78 Å². The first-order chi connectivity index (χ1) is 14.3. The summed E-state index contributed by atoms with van der Waals surface area (Å²) >= 11 is 3.46. The molecule has 1 aliphatic rings. The lowest BCUT2D eigenvalue weighted by atomic mass is 9.96. The van der Waals surface area contributed by atoms with E-state index in [0.717, 1.165) is 41.4 Å². The van der Waals surface area contributed by atoms with Gasteiger partial charge in [-0.25, -0.2) is 4.98 Å². The van der Waals surface area contributed by atoms with Crippen LogP contribution in [-0.2, 0) is 22.4 Å². The summed E-state index contributed by atoms with van der Waals surface area (Å²) in [6, 6.07) is 11.6. The number of nitrogens with two attached hydrogens (primary N) is 1. The van der Waals surface area contributed by atoms with E-state index in [1.54, 1.807) is 13.0 Å². The summed E-state index contributed by atoms with van der Waals surface area (Å²) in [5, 5.41) is 2.94. The zero-order valence-electron chi connectivity index (χ0n) is 17.7. The Balaban J connectivity index is 1.44. The minimum Gasteiger partial charge on any atom is -0.384 e. The van der Waals surface area contributed by atoms with Gasteiger partial charge < -0.3 is 11.1 Å². The number of nitrogens with zero attached hydrogens (tertiary/aromatic N) is 1. The second-order valence-corrected chi connectivity index (χ2v) is 9.30. The van der Waals surface area contributed by atoms with E-state index in [4.69, 9.17) is 5.73 Å². The maximum absolute atomic E-state index is 12.7. The van der Waals surface area contributed by atoms with Crippen LogP contribution in [0.15, 0.2) is 40.9 Å². The lowest BCUT2D eigenvalue weighted by Crippen LogP contribution is -2.41. The highest BCUT2D eigenvalue weighted by Crippen LogP contribution is 2.33. The van der Waals surface area contributed by atoms with Crippen LogP contribution in [0.4, 0.5) is 5.82 Å². The van der Waals surface area contributed by atoms with Gasteiger partial charge in [-0.15, -0.1) is 0 Å². The quantitative estimate of drug-likeness (QED) is 0.597. The largest absolute Gasteiger partial charge is 0.384 e. The molecule has 3 rings (SSSR count). The van der Waals surface area contributed by atoms with Crippen LogP contribution in [0.2, 0.25) is 0 Å². The molecule has 3 N–H and O–H groups in total. The van der Waals surface area contributed by atoms with Gasteiger partial charge >= 0.3 is 0 Å². The van der Waals surface area contributed by atoms with Crippen LogP contribution < -0.4 is 11.1 Å². The van der Waals surface area contributed by atoms with E-state index in [9.17, 15) is 9.59 Å². The van der Waals surface area contributed by atoms with E-state index in [0.29, 0.717) is 24.6 Å². The number of ketones is 1. The number of halogens is 1. The standard InChI is InChI=1S/C24H30BrN3O2/c1-15-19(8-12-23(26)27-15)7-11-22(29)16(2)28-24(30)20-6-3-18(14-20)13-17-4-9-21(25)10-5-17/h4-5,8-10,12,16,18,20H,3,6-7,11,13-14H2,1-2H3,(H2,26,27)(H,28,30)/t16-,18-,20+/m0/s1. The van der Waals surface area contributed by atoms with Crippen LogP contribution in [-0.4, -0.2) is 22.7 Å². The molecule has 1 aliphatic carbocycles. The number of pyridine rings is 1. The third-order valence-corrected chi connectivity index (χ3v) is 6.58. The molecule has 6 heteroatoms. The summed E-state index contributed by atoms with van der Waals surface area (Å²) in [5.41, 5.74) is 8.85. The van der Waals surface area contributed by atoms with E-state index in [2.05, 4.69) is 50.5 Å². The number of aryl methyl sites for hydroxylation is 2. The molecule has 0 unspecified atom stereocenters. The Labute approximate surface area is 187 Å². The zero-order chi connectivity index (χ0) is 21.7. The maximum Gasteiger partial charge on any atom is 0.223 e. The fourth-order valence-electron chi connectivity index (χ4n) is 4.21. The number of hydrogen-bond acceptors (Lipinski definition) is 4. The van der Waals surface area contributed by atoms with Crippen LogP contribution in [0.1, 0.15) is 49.4 Å². The molecule has 0 bridgehead atoms. The van der Waals surface area contributed by atoms with Gasteiger partial charge in [0, 0.05) is 22.5 Å². The van der Waals surface area contributed by atoms with Gasteiger partial charge in [-0.1, -0.05) is 34.1 Å². The van der Waals surface area contributed by atoms with Crippen LogP contribution in [0.5, 0.6) is 0 Å². The Hall–Kier alpha value is -2.21. The van der Waals surface area contributed by atoms with Crippen LogP contribution in [0.25, 0.3) is 0 Å². The van der Waals surface area contributed by atoms with Crippen molar-refractivity contribution in [2.24, 2.45) is 11.8 Å². The predicted octanol–water partition coefficient (Wildman–Crippen LogP) is 4.40. The van der Waals surface area contributed by atoms with Crippen molar-refractivity contribution in [2.45, 2.75) is 58.4 Å². The van der Waals surface area contributed by atoms with E-state index in [1.807, 2.05) is 13.0 Å². The molecule has 30 heavy (non-hydrogen) atoms. The van der Waals surface area contributed by atoms with Crippen molar-refractivity contribution in [3.63, 3.8) is 0 Å². The lowest BCUT2D eigenvalue weighted by molar-refractivity contribution is -0.129. The minimum atomic E-state index is -0.468. The molecule has 0 aliphatic heterocycles. The first-order valence-corrected chi connectivity index (χ1v) is 11.4. The molecule has 1 fully saturated rings. The average Bonchev–Trinajstić information content (AvgIpc) is 3.17. The normalized spacial score (nSPS) is 19.4. The molecule has 0 spiro atoms. The van der Waals surface area contributed by atoms with Crippen molar-refractivity contribution >= 4 is 33.4 Å². The summed E-state index contributed by atoms with van der Waals surface area (Å²) in [6.07, 6.45) is 4.82. The van der Waals surface area contributed by atoms with E-state index >= 15 is 0 Å². The third kappa shape index (κ3) is 6.14. The van der Waals surface area contributed by atoms with Crippen LogP contribution in [0, 0.1) is 18.8 Å². The van der Waals surface area contributed by atoms with E-state index < -0.39 is 6.04 Å². The van der Waals surface area contributed by atoms with Gasteiger partial charge in [-0.2, -0.15) is 0 Å². The summed E-state index contributed by atoms with van der Waals surface area (Å²) in [5.74, 6) is 1.07. The number of benzene rings is 1. The minimum absolute atomic E-state index is 0.00393. The van der Waals surface area contributed by atoms with Gasteiger partial charge in [0.05, 0.1) is 6.04 Å². The molecular formula is C24H30BrN3O2. The molecule has 1 aromatic heterocycles. The molecule has 1 aromatic carbocycles. The van der Waals surface area contributed by atoms with Gasteiger partial charge in [-0.05, 0) is 81.2 Å². The highest BCUT2D eigenvalue weighted by Gasteiger charge is 2.31. The molecule has 1 heterocycles. The van der Waals surface area contributed by atoms with E-state index in [-0.39, 0.29) is 17.6 Å². The number of anilines is 1. The van der Waals surface area contributed by atoms with Crippen molar-refractivity contribution in [3.05, 3.63) is 57.7 Å². The van der Waals surface area contributed by atoms with Gasteiger partial charge in [0.25, 0.3) is 0 Å². The highest BCUT2D eigenvalue weighted by atomic mass is 79.9. The summed E-state index contributed by atoms with van der Waals surface area (Å²) < 4.78 is 1.08. The van der Waals surface area contributed by atoms with Crippen molar-refractivity contribution in [2.75, 3.05) is 5.73 Å². The maximum atomic E-state index is 12.7. The number of carbonyl (C=O) groups is 2. The summed E-state index contributed by atoms with van der Waals surface area (Å²) in [4.78, 5) is 29.4. The molecule has 5 nitrogen and oxygen atoms in total. The molecule has 160 valence electrons. The summed E-state index contributed by atoms with van der Waals surface area (Å²) in [6.45, 7) is 3.68. The molecule has 0 saturated heterocycles. The van der Waals surface area contributed by atoms with Crippen molar-refractivity contribution < 1.29 is 9.59 Å². The van der Waals surface area contributed by atoms with Crippen LogP contribution >= 0.6 is 15.9 Å². The van der Waals surface area contributed by atoms with Gasteiger partial charge in [0.1, 0.15) is 5.82 Å².